The minimum absolute atomic E-state index is 0.167. The molecule has 0 spiro atoms. The van der Waals surface area contributed by atoms with E-state index in [9.17, 15) is 9.59 Å². The second-order valence-electron chi connectivity index (χ2n) is 5.75. The standard InChI is InChI=1S/C17H20N2O3/c20-16(19-13-5-1-2-6-13)11-22-17(21)9-12-10-18-15-8-4-3-7-14(12)15/h3-4,7-8,10,13,18H,1-2,5-6,9,11H2,(H,19,20). The van der Waals surface area contributed by atoms with E-state index in [4.69, 9.17) is 4.74 Å². The Labute approximate surface area is 129 Å². The van der Waals surface area contributed by atoms with Crippen LogP contribution >= 0.6 is 0 Å². The zero-order valence-corrected chi connectivity index (χ0v) is 12.4. The molecule has 22 heavy (non-hydrogen) atoms. The number of hydrogen-bond acceptors (Lipinski definition) is 3. The van der Waals surface area contributed by atoms with Gasteiger partial charge in [-0.15, -0.1) is 0 Å². The van der Waals surface area contributed by atoms with Gasteiger partial charge in [0, 0.05) is 23.1 Å². The van der Waals surface area contributed by atoms with Gasteiger partial charge in [-0.2, -0.15) is 0 Å². The van der Waals surface area contributed by atoms with Crippen LogP contribution in [0.15, 0.2) is 30.5 Å². The van der Waals surface area contributed by atoms with E-state index in [0.717, 1.165) is 42.1 Å². The van der Waals surface area contributed by atoms with Crippen molar-refractivity contribution < 1.29 is 14.3 Å². The highest BCUT2D eigenvalue weighted by molar-refractivity contribution is 5.88. The van der Waals surface area contributed by atoms with Crippen molar-refractivity contribution in [3.8, 4) is 0 Å². The summed E-state index contributed by atoms with van der Waals surface area (Å²) >= 11 is 0. The van der Waals surface area contributed by atoms with Crippen LogP contribution in [-0.2, 0) is 20.7 Å². The highest BCUT2D eigenvalue weighted by Gasteiger charge is 2.18. The maximum atomic E-state index is 11.9. The number of H-pyrrole nitrogens is 1. The second-order valence-corrected chi connectivity index (χ2v) is 5.75. The number of nitrogens with one attached hydrogen (secondary N) is 2. The number of amides is 1. The first-order chi connectivity index (χ1) is 10.7. The molecule has 1 amide bonds. The molecular weight excluding hydrogens is 280 g/mol. The fourth-order valence-electron chi connectivity index (χ4n) is 2.97. The Bertz CT molecular complexity index is 671. The van der Waals surface area contributed by atoms with Gasteiger partial charge in [-0.25, -0.2) is 0 Å². The van der Waals surface area contributed by atoms with Gasteiger partial charge in [-0.1, -0.05) is 31.0 Å². The first kappa shape index (κ1) is 14.6. The van der Waals surface area contributed by atoms with Crippen molar-refractivity contribution in [2.45, 2.75) is 38.1 Å². The second kappa shape index (κ2) is 6.64. The molecule has 1 aromatic carbocycles. The van der Waals surface area contributed by atoms with E-state index in [1.807, 2.05) is 30.5 Å². The van der Waals surface area contributed by atoms with Crippen molar-refractivity contribution >= 4 is 22.8 Å². The van der Waals surface area contributed by atoms with E-state index in [2.05, 4.69) is 10.3 Å². The molecule has 0 aliphatic heterocycles. The Balaban J connectivity index is 1.49. The lowest BCUT2D eigenvalue weighted by atomic mass is 10.1. The summed E-state index contributed by atoms with van der Waals surface area (Å²) in [4.78, 5) is 26.7. The summed E-state index contributed by atoms with van der Waals surface area (Å²) in [5.41, 5.74) is 1.88. The summed E-state index contributed by atoms with van der Waals surface area (Å²) in [7, 11) is 0. The number of fused-ring (bicyclic) bond motifs is 1. The van der Waals surface area contributed by atoms with Gasteiger partial charge < -0.3 is 15.0 Å². The number of rotatable bonds is 5. The van der Waals surface area contributed by atoms with Gasteiger partial charge in [0.2, 0.25) is 0 Å². The third-order valence-corrected chi connectivity index (χ3v) is 4.09. The number of ether oxygens (including phenoxy) is 1. The molecule has 5 heteroatoms. The highest BCUT2D eigenvalue weighted by atomic mass is 16.5. The molecule has 0 radical (unpaired) electrons. The molecule has 0 saturated heterocycles. The Kier molecular flexibility index (Phi) is 4.42. The summed E-state index contributed by atoms with van der Waals surface area (Å²) in [5.74, 6) is -0.592. The first-order valence-electron chi connectivity index (χ1n) is 7.72. The summed E-state index contributed by atoms with van der Waals surface area (Å²) in [6.45, 7) is -0.197. The third-order valence-electron chi connectivity index (χ3n) is 4.09. The predicted octanol–water partition coefficient (Wildman–Crippen LogP) is 2.31. The molecule has 1 aliphatic carbocycles. The third kappa shape index (κ3) is 3.47. The largest absolute Gasteiger partial charge is 0.455 e. The maximum absolute atomic E-state index is 11.9. The Hall–Kier alpha value is -2.30. The number of hydrogen-bond donors (Lipinski definition) is 2. The molecule has 0 unspecified atom stereocenters. The summed E-state index contributed by atoms with van der Waals surface area (Å²) in [6.07, 6.45) is 6.34. The molecule has 2 N–H and O–H groups in total. The smallest absolute Gasteiger partial charge is 0.310 e. The van der Waals surface area contributed by atoms with Gasteiger partial charge in [0.15, 0.2) is 6.61 Å². The van der Waals surface area contributed by atoms with Crippen LogP contribution in [0, 0.1) is 0 Å². The number of aromatic amines is 1. The zero-order chi connectivity index (χ0) is 15.4. The van der Waals surface area contributed by atoms with E-state index in [1.165, 1.54) is 0 Å². The topological polar surface area (TPSA) is 71.2 Å². The number of benzene rings is 1. The molecule has 116 valence electrons. The number of esters is 1. The molecule has 5 nitrogen and oxygen atoms in total. The maximum Gasteiger partial charge on any atom is 0.310 e. The fraction of sp³-hybridized carbons (Fsp3) is 0.412. The highest BCUT2D eigenvalue weighted by Crippen LogP contribution is 2.19. The molecule has 1 saturated carbocycles. The van der Waals surface area contributed by atoms with Crippen LogP contribution in [0.3, 0.4) is 0 Å². The fourth-order valence-corrected chi connectivity index (χ4v) is 2.97. The van der Waals surface area contributed by atoms with Crippen molar-refractivity contribution in [3.63, 3.8) is 0 Å². The number of carbonyl (C=O) groups excluding carboxylic acids is 2. The molecule has 2 aromatic rings. The van der Waals surface area contributed by atoms with Crippen LogP contribution < -0.4 is 5.32 Å². The normalized spacial score (nSPS) is 15.1. The molecule has 1 aromatic heterocycles. The average molecular weight is 300 g/mol. The Morgan fingerprint density at radius 3 is 2.82 bits per heavy atom. The minimum Gasteiger partial charge on any atom is -0.455 e. The first-order valence-corrected chi connectivity index (χ1v) is 7.72. The van der Waals surface area contributed by atoms with E-state index in [0.29, 0.717) is 0 Å². The summed E-state index contributed by atoms with van der Waals surface area (Å²) < 4.78 is 5.07. The van der Waals surface area contributed by atoms with Gasteiger partial charge in [0.1, 0.15) is 0 Å². The van der Waals surface area contributed by atoms with Crippen LogP contribution in [0.5, 0.6) is 0 Å². The number of carbonyl (C=O) groups is 2. The van der Waals surface area contributed by atoms with Gasteiger partial charge >= 0.3 is 5.97 Å². The lowest BCUT2D eigenvalue weighted by Gasteiger charge is -2.11. The molecule has 0 bridgehead atoms. The average Bonchev–Trinajstić information content (AvgIpc) is 3.16. The van der Waals surface area contributed by atoms with Crippen LogP contribution in [0.25, 0.3) is 10.9 Å². The van der Waals surface area contributed by atoms with Crippen molar-refractivity contribution in [1.29, 1.82) is 0 Å². The van der Waals surface area contributed by atoms with Gasteiger partial charge in [-0.3, -0.25) is 9.59 Å². The van der Waals surface area contributed by atoms with Crippen LogP contribution in [0.1, 0.15) is 31.2 Å². The van der Waals surface area contributed by atoms with Gasteiger partial charge in [0.05, 0.1) is 6.42 Å². The number of aromatic nitrogens is 1. The van der Waals surface area contributed by atoms with E-state index in [1.54, 1.807) is 0 Å². The van der Waals surface area contributed by atoms with E-state index in [-0.39, 0.29) is 30.9 Å². The van der Waals surface area contributed by atoms with Crippen LogP contribution in [-0.4, -0.2) is 29.5 Å². The molecule has 1 fully saturated rings. The lowest BCUT2D eigenvalue weighted by molar-refractivity contribution is -0.148. The quantitative estimate of drug-likeness (QED) is 0.832. The van der Waals surface area contributed by atoms with Gasteiger partial charge in [-0.05, 0) is 24.5 Å². The number of para-hydroxylation sites is 1. The lowest BCUT2D eigenvalue weighted by Crippen LogP contribution is -2.36. The van der Waals surface area contributed by atoms with Crippen LogP contribution in [0.2, 0.25) is 0 Å². The van der Waals surface area contributed by atoms with Gasteiger partial charge in [0.25, 0.3) is 5.91 Å². The minimum atomic E-state index is -0.383. The molecular formula is C17H20N2O3. The zero-order valence-electron chi connectivity index (χ0n) is 12.4. The molecule has 1 aliphatic rings. The predicted molar refractivity (Wildman–Crippen MR) is 83.4 cm³/mol. The monoisotopic (exact) mass is 300 g/mol. The van der Waals surface area contributed by atoms with E-state index >= 15 is 0 Å². The van der Waals surface area contributed by atoms with Crippen molar-refractivity contribution in [2.24, 2.45) is 0 Å². The summed E-state index contributed by atoms with van der Waals surface area (Å²) in [5, 5.41) is 3.91. The molecule has 0 atom stereocenters. The Morgan fingerprint density at radius 1 is 1.23 bits per heavy atom. The van der Waals surface area contributed by atoms with E-state index < -0.39 is 0 Å². The summed E-state index contributed by atoms with van der Waals surface area (Å²) in [6, 6.07) is 8.04. The van der Waals surface area contributed by atoms with Crippen molar-refractivity contribution in [1.82, 2.24) is 10.3 Å². The SMILES string of the molecule is O=C(COC(=O)Cc1c[nH]c2ccccc12)NC1CCCC1. The van der Waals surface area contributed by atoms with Crippen molar-refractivity contribution in [2.75, 3.05) is 6.61 Å². The van der Waals surface area contributed by atoms with Crippen molar-refractivity contribution in [3.05, 3.63) is 36.0 Å². The Morgan fingerprint density at radius 2 is 2.00 bits per heavy atom. The van der Waals surface area contributed by atoms with Crippen LogP contribution in [0.4, 0.5) is 0 Å². The molecule has 1 heterocycles. The molecule has 3 rings (SSSR count).